The number of benzene rings is 2. The van der Waals surface area contributed by atoms with Crippen LogP contribution in [0.25, 0.3) is 0 Å². The van der Waals surface area contributed by atoms with Crippen molar-refractivity contribution in [2.24, 2.45) is 5.10 Å². The van der Waals surface area contributed by atoms with Gasteiger partial charge in [0.05, 0.1) is 22.1 Å². The summed E-state index contributed by atoms with van der Waals surface area (Å²) in [6.07, 6.45) is 1.39. The lowest BCUT2D eigenvalue weighted by molar-refractivity contribution is -0.393. The van der Waals surface area contributed by atoms with E-state index in [1.807, 2.05) is 0 Å². The summed E-state index contributed by atoms with van der Waals surface area (Å²) in [5, 5.41) is 34.5. The van der Waals surface area contributed by atoms with Gasteiger partial charge in [0.25, 0.3) is 5.69 Å². The average Bonchev–Trinajstić information content (AvgIpc) is 2.49. The molecule has 2 aromatic carbocycles. The van der Waals surface area contributed by atoms with E-state index in [1.165, 1.54) is 24.4 Å². The van der Waals surface area contributed by atoms with Crippen molar-refractivity contribution in [3.8, 4) is 5.75 Å². The van der Waals surface area contributed by atoms with Gasteiger partial charge in [-0.1, -0.05) is 0 Å². The molecule has 0 aliphatic carbocycles. The van der Waals surface area contributed by atoms with E-state index in [0.717, 1.165) is 12.1 Å². The monoisotopic (exact) mass is 302 g/mol. The van der Waals surface area contributed by atoms with Gasteiger partial charge in [-0.3, -0.25) is 25.7 Å². The molecule has 9 heteroatoms. The molecule has 0 aliphatic rings. The maximum atomic E-state index is 10.9. The molecule has 0 atom stereocenters. The van der Waals surface area contributed by atoms with E-state index in [1.54, 1.807) is 12.1 Å². The van der Waals surface area contributed by atoms with Gasteiger partial charge < -0.3 is 5.11 Å². The molecule has 0 aromatic heterocycles. The zero-order valence-electron chi connectivity index (χ0n) is 11.0. The Labute approximate surface area is 123 Å². The van der Waals surface area contributed by atoms with E-state index < -0.39 is 15.5 Å². The van der Waals surface area contributed by atoms with Crippen molar-refractivity contribution in [3.63, 3.8) is 0 Å². The van der Waals surface area contributed by atoms with E-state index in [9.17, 15) is 20.2 Å². The molecule has 0 fully saturated rings. The van der Waals surface area contributed by atoms with Gasteiger partial charge in [-0.25, -0.2) is 0 Å². The zero-order valence-corrected chi connectivity index (χ0v) is 11.0. The smallest absolute Gasteiger partial charge is 0.301 e. The van der Waals surface area contributed by atoms with Crippen LogP contribution in [0.5, 0.6) is 5.75 Å². The first kappa shape index (κ1) is 14.9. The number of nitrogens with zero attached hydrogens (tertiary/aromatic N) is 3. The molecule has 0 unspecified atom stereocenters. The molecule has 0 aliphatic heterocycles. The minimum Gasteiger partial charge on any atom is -0.508 e. The summed E-state index contributed by atoms with van der Waals surface area (Å²) in [6, 6.07) is 9.36. The molecule has 0 radical (unpaired) electrons. The Bertz CT molecular complexity index is 743. The van der Waals surface area contributed by atoms with Gasteiger partial charge in [0.2, 0.25) is 0 Å². The molecule has 2 aromatic rings. The van der Waals surface area contributed by atoms with Crippen LogP contribution in [0.4, 0.5) is 17.1 Å². The highest BCUT2D eigenvalue weighted by Crippen LogP contribution is 2.28. The lowest BCUT2D eigenvalue weighted by Gasteiger charge is -2.02. The SMILES string of the molecule is O=[N+]([O-])c1ccc(N/N=C\c2ccc(O)cc2)c([N+](=O)[O-])c1. The number of aromatic hydroxyl groups is 1. The molecule has 0 saturated carbocycles. The number of hydrogen-bond donors (Lipinski definition) is 2. The van der Waals surface area contributed by atoms with Gasteiger partial charge in [0, 0.05) is 6.07 Å². The molecule has 0 heterocycles. The Morgan fingerprint density at radius 3 is 2.32 bits per heavy atom. The third kappa shape index (κ3) is 3.54. The minimum atomic E-state index is -0.731. The van der Waals surface area contributed by atoms with Gasteiger partial charge in [-0.05, 0) is 35.9 Å². The average molecular weight is 302 g/mol. The van der Waals surface area contributed by atoms with Crippen molar-refractivity contribution in [2.45, 2.75) is 0 Å². The van der Waals surface area contributed by atoms with Crippen LogP contribution in [-0.2, 0) is 0 Å². The highest BCUT2D eigenvalue weighted by atomic mass is 16.6. The minimum absolute atomic E-state index is 0.0330. The van der Waals surface area contributed by atoms with Crippen molar-refractivity contribution < 1.29 is 15.0 Å². The second-order valence-electron chi connectivity index (χ2n) is 4.18. The number of anilines is 1. The molecule has 0 bridgehead atoms. The fourth-order valence-electron chi connectivity index (χ4n) is 1.62. The molecule has 2 rings (SSSR count). The zero-order chi connectivity index (χ0) is 16.1. The third-order valence-electron chi connectivity index (χ3n) is 2.68. The van der Waals surface area contributed by atoms with E-state index in [-0.39, 0.29) is 17.1 Å². The van der Waals surface area contributed by atoms with Crippen LogP contribution < -0.4 is 5.43 Å². The van der Waals surface area contributed by atoms with Crippen molar-refractivity contribution in [2.75, 3.05) is 5.43 Å². The number of non-ortho nitro benzene ring substituents is 1. The number of hydrazone groups is 1. The van der Waals surface area contributed by atoms with Gasteiger partial charge in [0.15, 0.2) is 0 Å². The normalized spacial score (nSPS) is 10.5. The quantitative estimate of drug-likeness (QED) is 0.496. The van der Waals surface area contributed by atoms with Crippen LogP contribution in [0, 0.1) is 20.2 Å². The first-order valence-corrected chi connectivity index (χ1v) is 5.98. The summed E-state index contributed by atoms with van der Waals surface area (Å²) < 4.78 is 0. The van der Waals surface area contributed by atoms with Crippen LogP contribution in [-0.4, -0.2) is 21.2 Å². The van der Waals surface area contributed by atoms with Crippen molar-refractivity contribution in [1.82, 2.24) is 0 Å². The Kier molecular flexibility index (Phi) is 4.27. The molecule has 2 N–H and O–H groups in total. The molecular weight excluding hydrogens is 292 g/mol. The highest BCUT2D eigenvalue weighted by Gasteiger charge is 2.18. The Morgan fingerprint density at radius 1 is 1.05 bits per heavy atom. The summed E-state index contributed by atoms with van der Waals surface area (Å²) in [5.74, 6) is 0.108. The maximum absolute atomic E-state index is 10.9. The summed E-state index contributed by atoms with van der Waals surface area (Å²) in [4.78, 5) is 20.1. The van der Waals surface area contributed by atoms with Crippen LogP contribution in [0.1, 0.15) is 5.56 Å². The number of rotatable bonds is 5. The molecule has 112 valence electrons. The van der Waals surface area contributed by atoms with E-state index in [0.29, 0.717) is 5.56 Å². The number of hydrogen-bond acceptors (Lipinski definition) is 7. The molecule has 0 spiro atoms. The highest BCUT2D eigenvalue weighted by molar-refractivity contribution is 5.80. The maximum Gasteiger partial charge on any atom is 0.301 e. The van der Waals surface area contributed by atoms with Crippen LogP contribution in [0.15, 0.2) is 47.6 Å². The topological polar surface area (TPSA) is 131 Å². The fourth-order valence-corrected chi connectivity index (χ4v) is 1.62. The first-order chi connectivity index (χ1) is 10.5. The number of nitro benzene ring substituents is 2. The van der Waals surface area contributed by atoms with Crippen LogP contribution in [0.3, 0.4) is 0 Å². The van der Waals surface area contributed by atoms with Gasteiger partial charge >= 0.3 is 5.69 Å². The van der Waals surface area contributed by atoms with Crippen molar-refractivity contribution in [3.05, 3.63) is 68.3 Å². The predicted molar refractivity (Wildman–Crippen MR) is 79.1 cm³/mol. The Hall–Kier alpha value is -3.49. The largest absolute Gasteiger partial charge is 0.508 e. The summed E-state index contributed by atoms with van der Waals surface area (Å²) >= 11 is 0. The first-order valence-electron chi connectivity index (χ1n) is 5.98. The number of phenolic OH excluding ortho intramolecular Hbond substituents is 1. The predicted octanol–water partition coefficient (Wildman–Crippen LogP) is 2.65. The molecule has 22 heavy (non-hydrogen) atoms. The van der Waals surface area contributed by atoms with Crippen LogP contribution in [0.2, 0.25) is 0 Å². The van der Waals surface area contributed by atoms with Crippen molar-refractivity contribution >= 4 is 23.3 Å². The summed E-state index contributed by atoms with van der Waals surface area (Å²) in [7, 11) is 0. The molecule has 9 nitrogen and oxygen atoms in total. The van der Waals surface area contributed by atoms with Crippen molar-refractivity contribution in [1.29, 1.82) is 0 Å². The molecule has 0 amide bonds. The van der Waals surface area contributed by atoms with E-state index >= 15 is 0 Å². The van der Waals surface area contributed by atoms with E-state index in [2.05, 4.69) is 10.5 Å². The lowest BCUT2D eigenvalue weighted by atomic mass is 10.2. The van der Waals surface area contributed by atoms with Crippen LogP contribution >= 0.6 is 0 Å². The summed E-state index contributed by atoms with van der Waals surface area (Å²) in [5.41, 5.74) is 2.34. The fraction of sp³-hybridized carbons (Fsp3) is 0. The lowest BCUT2D eigenvalue weighted by Crippen LogP contribution is -1.98. The standard InChI is InChI=1S/C13H10N4O5/c18-11-4-1-9(2-5-11)8-14-15-12-6-3-10(16(19)20)7-13(12)17(21)22/h1-8,15,18H/b14-8-. The Morgan fingerprint density at radius 2 is 1.73 bits per heavy atom. The summed E-state index contributed by atoms with van der Waals surface area (Å²) in [6.45, 7) is 0. The molecular formula is C13H10N4O5. The van der Waals surface area contributed by atoms with Gasteiger partial charge in [0.1, 0.15) is 11.4 Å². The number of phenols is 1. The second kappa shape index (κ2) is 6.31. The number of nitro groups is 2. The van der Waals surface area contributed by atoms with Gasteiger partial charge in [-0.15, -0.1) is 0 Å². The molecule has 0 saturated heterocycles. The number of nitrogens with one attached hydrogen (secondary N) is 1. The third-order valence-corrected chi connectivity index (χ3v) is 2.68. The van der Waals surface area contributed by atoms with E-state index in [4.69, 9.17) is 5.11 Å². The second-order valence-corrected chi connectivity index (χ2v) is 4.18. The van der Waals surface area contributed by atoms with Gasteiger partial charge in [-0.2, -0.15) is 5.10 Å². The Balaban J connectivity index is 2.20.